The van der Waals surface area contributed by atoms with Crippen molar-refractivity contribution in [2.75, 3.05) is 36.1 Å². The Morgan fingerprint density at radius 1 is 1.04 bits per heavy atom. The number of imide groups is 1. The van der Waals surface area contributed by atoms with Gasteiger partial charge in [0.25, 0.3) is 0 Å². The molecule has 4 aliphatic heterocycles. The number of fused-ring (bicyclic) bond motifs is 5. The first-order chi connectivity index (χ1) is 12.1. The zero-order valence-corrected chi connectivity index (χ0v) is 14.1. The lowest BCUT2D eigenvalue weighted by atomic mass is 9.78. The quantitative estimate of drug-likeness (QED) is 0.601. The first kappa shape index (κ1) is 15.1. The van der Waals surface area contributed by atoms with Gasteiger partial charge in [-0.2, -0.15) is 0 Å². The molecule has 1 aromatic rings. The van der Waals surface area contributed by atoms with Crippen LogP contribution in [0.25, 0.3) is 0 Å². The van der Waals surface area contributed by atoms with E-state index < -0.39 is 11.5 Å². The predicted molar refractivity (Wildman–Crippen MR) is 91.4 cm³/mol. The smallest absolute Gasteiger partial charge is 0.241 e. The average Bonchev–Trinajstić information content (AvgIpc) is 3.25. The van der Waals surface area contributed by atoms with E-state index in [1.807, 2.05) is 43.3 Å². The number of carbonyl (C=O) groups is 2. The van der Waals surface area contributed by atoms with E-state index in [9.17, 15) is 9.59 Å². The topological polar surface area (TPSA) is 59.1 Å². The molecule has 2 bridgehead atoms. The molecule has 5 rings (SSSR count). The van der Waals surface area contributed by atoms with Crippen LogP contribution in [-0.2, 0) is 19.1 Å². The molecule has 6 heteroatoms. The molecule has 3 saturated heterocycles. The van der Waals surface area contributed by atoms with Gasteiger partial charge in [0.15, 0.2) is 0 Å². The highest BCUT2D eigenvalue weighted by atomic mass is 16.5. The Morgan fingerprint density at radius 2 is 1.72 bits per heavy atom. The first-order valence-corrected chi connectivity index (χ1v) is 8.76. The number of benzene rings is 1. The highest BCUT2D eigenvalue weighted by Gasteiger charge is 2.66. The fraction of sp³-hybridized carbons (Fsp3) is 0.474. The fourth-order valence-electron chi connectivity index (χ4n) is 4.54. The van der Waals surface area contributed by atoms with Crippen molar-refractivity contribution in [3.63, 3.8) is 0 Å². The summed E-state index contributed by atoms with van der Waals surface area (Å²) in [6.45, 7) is 5.05. The SMILES string of the molecule is C[C@]12C=C[C@@H](O1)[C@H]1C(=O)N(c3ccc(N4CCOCC4)cc3)C(=O)[C@@H]12. The van der Waals surface area contributed by atoms with Crippen LogP contribution < -0.4 is 9.80 Å². The number of morpholine rings is 1. The Hall–Kier alpha value is -2.18. The molecule has 1 aromatic carbocycles. The van der Waals surface area contributed by atoms with Gasteiger partial charge in [-0.1, -0.05) is 12.2 Å². The standard InChI is InChI=1S/C19H20N2O4/c1-19-7-6-14(25-19)15-16(19)18(23)21(17(15)22)13-4-2-12(3-5-13)20-8-10-24-11-9-20/h2-7,14-16H,8-11H2,1H3/t14-,15-,16-,19-/m1/s1. The van der Waals surface area contributed by atoms with Crippen LogP contribution in [0.1, 0.15) is 6.92 Å². The van der Waals surface area contributed by atoms with Crippen LogP contribution in [0.15, 0.2) is 36.4 Å². The Kier molecular flexibility index (Phi) is 3.12. The summed E-state index contributed by atoms with van der Waals surface area (Å²) in [5.74, 6) is -1.09. The lowest BCUT2D eigenvalue weighted by Gasteiger charge is -2.29. The fourth-order valence-corrected chi connectivity index (χ4v) is 4.54. The molecule has 6 nitrogen and oxygen atoms in total. The summed E-state index contributed by atoms with van der Waals surface area (Å²) in [7, 11) is 0. The Labute approximate surface area is 146 Å². The molecule has 4 heterocycles. The zero-order valence-electron chi connectivity index (χ0n) is 14.1. The highest BCUT2D eigenvalue weighted by Crippen LogP contribution is 2.52. The van der Waals surface area contributed by atoms with E-state index in [0.29, 0.717) is 5.69 Å². The van der Waals surface area contributed by atoms with Crippen molar-refractivity contribution in [1.29, 1.82) is 0 Å². The Balaban J connectivity index is 1.42. The van der Waals surface area contributed by atoms with Gasteiger partial charge < -0.3 is 14.4 Å². The van der Waals surface area contributed by atoms with Crippen molar-refractivity contribution in [2.45, 2.75) is 18.6 Å². The largest absolute Gasteiger partial charge is 0.378 e. The molecular formula is C19H20N2O4. The second-order valence-electron chi connectivity index (χ2n) is 7.26. The lowest BCUT2D eigenvalue weighted by molar-refractivity contribution is -0.126. The van der Waals surface area contributed by atoms with E-state index >= 15 is 0 Å². The molecule has 0 aromatic heterocycles. The molecule has 130 valence electrons. The van der Waals surface area contributed by atoms with Gasteiger partial charge in [0.2, 0.25) is 11.8 Å². The number of ether oxygens (including phenoxy) is 2. The van der Waals surface area contributed by atoms with Crippen LogP contribution in [0.5, 0.6) is 0 Å². The summed E-state index contributed by atoms with van der Waals surface area (Å²) in [5, 5.41) is 0. The molecule has 3 fully saturated rings. The summed E-state index contributed by atoms with van der Waals surface area (Å²) >= 11 is 0. The molecule has 0 N–H and O–H groups in total. The summed E-state index contributed by atoms with van der Waals surface area (Å²) in [6, 6.07) is 7.67. The molecular weight excluding hydrogens is 320 g/mol. The molecule has 4 aliphatic rings. The predicted octanol–water partition coefficient (Wildman–Crippen LogP) is 1.36. The number of anilines is 2. The summed E-state index contributed by atoms with van der Waals surface area (Å²) in [6.07, 6.45) is 3.57. The maximum absolute atomic E-state index is 12.9. The molecule has 0 radical (unpaired) electrons. The summed E-state index contributed by atoms with van der Waals surface area (Å²) < 4.78 is 11.2. The van der Waals surface area contributed by atoms with Crippen LogP contribution in [0.3, 0.4) is 0 Å². The van der Waals surface area contributed by atoms with E-state index in [1.54, 1.807) is 0 Å². The van der Waals surface area contributed by atoms with Crippen LogP contribution in [0, 0.1) is 11.8 Å². The van der Waals surface area contributed by atoms with E-state index in [0.717, 1.165) is 32.0 Å². The second kappa shape index (κ2) is 5.16. The Morgan fingerprint density at radius 3 is 2.40 bits per heavy atom. The molecule has 0 spiro atoms. The average molecular weight is 340 g/mol. The van der Waals surface area contributed by atoms with Crippen LogP contribution in [0.2, 0.25) is 0 Å². The first-order valence-electron chi connectivity index (χ1n) is 8.76. The van der Waals surface area contributed by atoms with Gasteiger partial charge in [0, 0.05) is 18.8 Å². The zero-order chi connectivity index (χ0) is 17.2. The van der Waals surface area contributed by atoms with Gasteiger partial charge in [-0.15, -0.1) is 0 Å². The van der Waals surface area contributed by atoms with Crippen molar-refractivity contribution in [3.8, 4) is 0 Å². The van der Waals surface area contributed by atoms with Crippen molar-refractivity contribution in [2.24, 2.45) is 11.8 Å². The highest BCUT2D eigenvalue weighted by molar-refractivity contribution is 6.23. The molecule has 4 atom stereocenters. The minimum absolute atomic E-state index is 0.146. The number of hydrogen-bond acceptors (Lipinski definition) is 5. The summed E-state index contributed by atoms with van der Waals surface area (Å²) in [5.41, 5.74) is 1.08. The minimum atomic E-state index is -0.648. The third-order valence-electron chi connectivity index (χ3n) is 5.81. The van der Waals surface area contributed by atoms with Gasteiger partial charge in [-0.3, -0.25) is 9.59 Å². The Bertz CT molecular complexity index is 768. The molecule has 0 saturated carbocycles. The number of carbonyl (C=O) groups excluding carboxylic acids is 2. The van der Waals surface area contributed by atoms with Crippen molar-refractivity contribution < 1.29 is 19.1 Å². The van der Waals surface area contributed by atoms with Gasteiger partial charge >= 0.3 is 0 Å². The molecule has 25 heavy (non-hydrogen) atoms. The van der Waals surface area contributed by atoms with E-state index in [2.05, 4.69) is 4.90 Å². The van der Waals surface area contributed by atoms with Crippen molar-refractivity contribution in [1.82, 2.24) is 0 Å². The second-order valence-corrected chi connectivity index (χ2v) is 7.26. The van der Waals surface area contributed by atoms with Gasteiger partial charge in [0.1, 0.15) is 0 Å². The van der Waals surface area contributed by atoms with E-state index in [-0.39, 0.29) is 23.8 Å². The van der Waals surface area contributed by atoms with Gasteiger partial charge in [-0.05, 0) is 31.2 Å². The molecule has 0 unspecified atom stereocenters. The van der Waals surface area contributed by atoms with E-state index in [1.165, 1.54) is 4.90 Å². The van der Waals surface area contributed by atoms with Gasteiger partial charge in [-0.25, -0.2) is 4.90 Å². The third-order valence-corrected chi connectivity index (χ3v) is 5.81. The van der Waals surface area contributed by atoms with Crippen molar-refractivity contribution >= 4 is 23.2 Å². The normalized spacial score (nSPS) is 36.4. The van der Waals surface area contributed by atoms with Crippen LogP contribution in [-0.4, -0.2) is 49.8 Å². The van der Waals surface area contributed by atoms with Crippen molar-refractivity contribution in [3.05, 3.63) is 36.4 Å². The maximum Gasteiger partial charge on any atom is 0.241 e. The van der Waals surface area contributed by atoms with E-state index in [4.69, 9.17) is 9.47 Å². The molecule has 0 aliphatic carbocycles. The monoisotopic (exact) mass is 340 g/mol. The van der Waals surface area contributed by atoms with Crippen LogP contribution in [0.4, 0.5) is 11.4 Å². The lowest BCUT2D eigenvalue weighted by Crippen LogP contribution is -2.38. The number of amides is 2. The number of hydrogen-bond donors (Lipinski definition) is 0. The summed E-state index contributed by atoms with van der Waals surface area (Å²) in [4.78, 5) is 29.4. The van der Waals surface area contributed by atoms with Gasteiger partial charge in [0.05, 0.1) is 42.4 Å². The molecule has 2 amide bonds. The third kappa shape index (κ3) is 2.04. The van der Waals surface area contributed by atoms with Crippen LogP contribution >= 0.6 is 0 Å². The number of rotatable bonds is 2. The minimum Gasteiger partial charge on any atom is -0.378 e. The number of nitrogens with zero attached hydrogens (tertiary/aromatic N) is 2. The maximum atomic E-state index is 12.9.